The molecule has 0 saturated carbocycles. The van der Waals surface area contributed by atoms with Crippen LogP contribution >= 0.6 is 0 Å². The summed E-state index contributed by atoms with van der Waals surface area (Å²) in [4.78, 5) is 12.4. The third-order valence-electron chi connectivity index (χ3n) is 5.18. The number of benzene rings is 2. The molecule has 1 atom stereocenters. The second-order valence-electron chi connectivity index (χ2n) is 7.59. The SMILES string of the molecule is CCOC(=O)c1nnn(Cc2ccc(OC)cc2)c1OC1C=C(c2ccc(OC(F)(F)F)cc2)C1. The summed E-state index contributed by atoms with van der Waals surface area (Å²) in [5.74, 6) is -0.0523. The van der Waals surface area contributed by atoms with Crippen molar-refractivity contribution in [2.75, 3.05) is 13.7 Å². The van der Waals surface area contributed by atoms with E-state index in [-0.39, 0.29) is 30.0 Å². The fourth-order valence-electron chi connectivity index (χ4n) is 3.47. The zero-order valence-corrected chi connectivity index (χ0v) is 18.9. The van der Waals surface area contributed by atoms with Crippen LogP contribution in [0.3, 0.4) is 0 Å². The number of aromatic nitrogens is 3. The Bertz CT molecular complexity index is 1200. The Kier molecular flexibility index (Phi) is 6.94. The van der Waals surface area contributed by atoms with Crippen molar-refractivity contribution in [1.82, 2.24) is 15.0 Å². The predicted molar refractivity (Wildman–Crippen MR) is 118 cm³/mol. The Hall–Kier alpha value is -4.02. The Morgan fingerprint density at radius 3 is 2.34 bits per heavy atom. The van der Waals surface area contributed by atoms with Gasteiger partial charge in [0.2, 0.25) is 11.6 Å². The molecule has 0 radical (unpaired) electrons. The summed E-state index contributed by atoms with van der Waals surface area (Å²) >= 11 is 0. The van der Waals surface area contributed by atoms with Crippen molar-refractivity contribution in [2.45, 2.75) is 32.4 Å². The number of hydrogen-bond donors (Lipinski definition) is 0. The quantitative estimate of drug-likeness (QED) is 0.405. The topological polar surface area (TPSA) is 84.7 Å². The maximum atomic E-state index is 12.4. The molecule has 0 saturated heterocycles. The minimum absolute atomic E-state index is 0.0316. The standard InChI is InChI=1S/C24H22F3N3O5/c1-3-33-23(31)21-22(30(29-28-21)14-15-4-8-18(32-2)9-5-15)34-20-12-17(13-20)16-6-10-19(11-7-16)35-24(25,26)27/h4-12,20H,3,13-14H2,1-2H3. The molecule has 8 nitrogen and oxygen atoms in total. The lowest BCUT2D eigenvalue weighted by Gasteiger charge is -2.27. The Labute approximate surface area is 198 Å². The molecule has 1 aliphatic rings. The Morgan fingerprint density at radius 1 is 1.09 bits per heavy atom. The van der Waals surface area contributed by atoms with Crippen molar-refractivity contribution >= 4 is 11.5 Å². The first-order chi connectivity index (χ1) is 16.8. The number of methoxy groups -OCH3 is 1. The van der Waals surface area contributed by atoms with Crippen molar-refractivity contribution in [3.8, 4) is 17.4 Å². The smallest absolute Gasteiger partial charge is 0.497 e. The summed E-state index contributed by atoms with van der Waals surface area (Å²) in [7, 11) is 1.58. The fraction of sp³-hybridized carbons (Fsp3) is 0.292. The minimum Gasteiger partial charge on any atom is -0.497 e. The van der Waals surface area contributed by atoms with Crippen LogP contribution in [0.4, 0.5) is 13.2 Å². The van der Waals surface area contributed by atoms with Gasteiger partial charge >= 0.3 is 12.3 Å². The highest BCUT2D eigenvalue weighted by Crippen LogP contribution is 2.34. The summed E-state index contributed by atoms with van der Waals surface area (Å²) < 4.78 is 58.7. The fourth-order valence-corrected chi connectivity index (χ4v) is 3.47. The van der Waals surface area contributed by atoms with E-state index in [4.69, 9.17) is 14.2 Å². The van der Waals surface area contributed by atoms with E-state index in [0.29, 0.717) is 18.7 Å². The number of carbonyl (C=O) groups excluding carboxylic acids is 1. The third kappa shape index (κ3) is 5.92. The van der Waals surface area contributed by atoms with Crippen molar-refractivity contribution < 1.29 is 36.9 Å². The van der Waals surface area contributed by atoms with Gasteiger partial charge in [0.1, 0.15) is 17.6 Å². The van der Waals surface area contributed by atoms with Crippen molar-refractivity contribution in [3.63, 3.8) is 0 Å². The van der Waals surface area contributed by atoms with Crippen LogP contribution in [0.15, 0.2) is 54.6 Å². The number of carbonyl (C=O) groups is 1. The average molecular weight is 489 g/mol. The van der Waals surface area contributed by atoms with E-state index in [9.17, 15) is 18.0 Å². The van der Waals surface area contributed by atoms with Gasteiger partial charge in [0, 0.05) is 6.42 Å². The van der Waals surface area contributed by atoms with Crippen molar-refractivity contribution in [2.24, 2.45) is 0 Å². The van der Waals surface area contributed by atoms with Crippen LogP contribution in [0.25, 0.3) is 5.57 Å². The minimum atomic E-state index is -4.74. The van der Waals surface area contributed by atoms with Gasteiger partial charge in [-0.15, -0.1) is 18.3 Å². The summed E-state index contributed by atoms with van der Waals surface area (Å²) in [6.45, 7) is 2.16. The second kappa shape index (κ2) is 10.1. The van der Waals surface area contributed by atoms with Gasteiger partial charge in [-0.2, -0.15) is 0 Å². The molecule has 1 aromatic heterocycles. The van der Waals surface area contributed by atoms with Gasteiger partial charge in [-0.05, 0) is 54.0 Å². The highest BCUT2D eigenvalue weighted by molar-refractivity contribution is 5.89. The number of ether oxygens (including phenoxy) is 4. The average Bonchev–Trinajstić information content (AvgIpc) is 3.18. The van der Waals surface area contributed by atoms with Gasteiger partial charge in [0.15, 0.2) is 0 Å². The molecule has 0 N–H and O–H groups in total. The largest absolute Gasteiger partial charge is 0.573 e. The monoisotopic (exact) mass is 489 g/mol. The molecule has 35 heavy (non-hydrogen) atoms. The zero-order chi connectivity index (χ0) is 25.0. The lowest BCUT2D eigenvalue weighted by Crippen LogP contribution is -2.25. The molecule has 1 aliphatic carbocycles. The number of rotatable bonds is 9. The molecule has 0 aliphatic heterocycles. The Balaban J connectivity index is 1.49. The van der Waals surface area contributed by atoms with E-state index in [1.807, 2.05) is 30.3 Å². The van der Waals surface area contributed by atoms with Crippen LogP contribution in [-0.4, -0.2) is 47.1 Å². The highest BCUT2D eigenvalue weighted by Gasteiger charge is 2.32. The normalized spacial score (nSPS) is 15.1. The van der Waals surface area contributed by atoms with Crippen molar-refractivity contribution in [1.29, 1.82) is 0 Å². The number of esters is 1. The maximum Gasteiger partial charge on any atom is 0.573 e. The van der Waals surface area contributed by atoms with E-state index in [0.717, 1.165) is 16.7 Å². The molecular formula is C24H22F3N3O5. The Morgan fingerprint density at radius 2 is 1.74 bits per heavy atom. The molecule has 3 aromatic rings. The first-order valence-electron chi connectivity index (χ1n) is 10.7. The number of nitrogens with zero attached hydrogens (tertiary/aromatic N) is 3. The lowest BCUT2D eigenvalue weighted by atomic mass is 9.89. The first kappa shape index (κ1) is 24.1. The van der Waals surface area contributed by atoms with E-state index in [2.05, 4.69) is 15.0 Å². The summed E-state index contributed by atoms with van der Waals surface area (Å²) in [5, 5.41) is 8.02. The van der Waals surface area contributed by atoms with Crippen LogP contribution < -0.4 is 14.2 Å². The van der Waals surface area contributed by atoms with Crippen molar-refractivity contribution in [3.05, 3.63) is 71.4 Å². The van der Waals surface area contributed by atoms with Gasteiger partial charge in [-0.1, -0.05) is 29.5 Å². The number of hydrogen-bond acceptors (Lipinski definition) is 7. The number of halogens is 3. The van der Waals surface area contributed by atoms with Gasteiger partial charge in [-0.3, -0.25) is 0 Å². The van der Waals surface area contributed by atoms with Crippen LogP contribution in [0.5, 0.6) is 17.4 Å². The molecule has 0 fully saturated rings. The van der Waals surface area contributed by atoms with Crippen LogP contribution in [0, 0.1) is 0 Å². The molecule has 0 bridgehead atoms. The van der Waals surface area contributed by atoms with E-state index in [1.54, 1.807) is 26.2 Å². The summed E-state index contributed by atoms with van der Waals surface area (Å²) in [6.07, 6.45) is -2.82. The van der Waals surface area contributed by atoms with Gasteiger partial charge < -0.3 is 18.9 Å². The van der Waals surface area contributed by atoms with Crippen LogP contribution in [-0.2, 0) is 11.3 Å². The molecule has 2 aromatic carbocycles. The van der Waals surface area contributed by atoms with Gasteiger partial charge in [-0.25, -0.2) is 9.48 Å². The van der Waals surface area contributed by atoms with E-state index < -0.39 is 12.3 Å². The second-order valence-corrected chi connectivity index (χ2v) is 7.59. The molecule has 184 valence electrons. The molecular weight excluding hydrogens is 467 g/mol. The highest BCUT2D eigenvalue weighted by atomic mass is 19.4. The molecule has 4 rings (SSSR count). The first-order valence-corrected chi connectivity index (χ1v) is 10.7. The zero-order valence-electron chi connectivity index (χ0n) is 18.9. The van der Waals surface area contributed by atoms with Crippen LogP contribution in [0.2, 0.25) is 0 Å². The maximum absolute atomic E-state index is 12.4. The molecule has 1 unspecified atom stereocenters. The molecule has 1 heterocycles. The molecule has 0 amide bonds. The van der Waals surface area contributed by atoms with E-state index >= 15 is 0 Å². The molecule has 11 heteroatoms. The number of alkyl halides is 3. The summed E-state index contributed by atoms with van der Waals surface area (Å²) in [6, 6.07) is 12.9. The molecule has 0 spiro atoms. The third-order valence-corrected chi connectivity index (χ3v) is 5.18. The van der Waals surface area contributed by atoms with E-state index in [1.165, 1.54) is 16.8 Å². The lowest BCUT2D eigenvalue weighted by molar-refractivity contribution is -0.274. The van der Waals surface area contributed by atoms with Crippen LogP contribution in [0.1, 0.15) is 35.0 Å². The summed E-state index contributed by atoms with van der Waals surface area (Å²) in [5.41, 5.74) is 2.49. The van der Waals surface area contributed by atoms with Gasteiger partial charge in [0.05, 0.1) is 20.3 Å². The van der Waals surface area contributed by atoms with Gasteiger partial charge in [0.25, 0.3) is 0 Å². The predicted octanol–water partition coefficient (Wildman–Crippen LogP) is 4.65.